The highest BCUT2D eigenvalue weighted by atomic mass is 16.5. The Morgan fingerprint density at radius 2 is 1.50 bits per heavy atom. The molecule has 0 saturated heterocycles. The van der Waals surface area contributed by atoms with Crippen LogP contribution in [0, 0.1) is 11.8 Å². The fourth-order valence-corrected chi connectivity index (χ4v) is 4.30. The van der Waals surface area contributed by atoms with Crippen molar-refractivity contribution in [3.05, 3.63) is 59.2 Å². The van der Waals surface area contributed by atoms with E-state index in [1.165, 1.54) is 12.1 Å². The summed E-state index contributed by atoms with van der Waals surface area (Å²) in [6.07, 6.45) is -1.18. The van der Waals surface area contributed by atoms with Crippen LogP contribution in [0.2, 0.25) is 0 Å². The Labute approximate surface area is 161 Å². The molecule has 4 rings (SSSR count). The number of aromatic hydroxyl groups is 2. The second-order valence-electron chi connectivity index (χ2n) is 7.39. The lowest BCUT2D eigenvalue weighted by Crippen LogP contribution is -2.49. The summed E-state index contributed by atoms with van der Waals surface area (Å²) in [5, 5.41) is 20.3. The molecular weight excluding hydrogens is 360 g/mol. The molecule has 4 unspecified atom stereocenters. The Morgan fingerprint density at radius 1 is 0.893 bits per heavy atom. The van der Waals surface area contributed by atoms with Gasteiger partial charge in [0.15, 0.2) is 11.6 Å². The minimum atomic E-state index is -0.887. The number of hydrogen-bond donors (Lipinski definition) is 2. The summed E-state index contributed by atoms with van der Waals surface area (Å²) >= 11 is 0. The van der Waals surface area contributed by atoms with Crippen molar-refractivity contribution in [1.82, 2.24) is 0 Å². The summed E-state index contributed by atoms with van der Waals surface area (Å²) in [5.41, 5.74) is 0.518. The number of ketones is 3. The van der Waals surface area contributed by atoms with Gasteiger partial charge in [0.25, 0.3) is 0 Å². The maximum atomic E-state index is 13.2. The van der Waals surface area contributed by atoms with E-state index >= 15 is 0 Å². The SMILES string of the molecule is CC(OC1CC(=O)CC2C(=O)c3c(O)ccc(O)c3C(=O)C12)c1ccccc1. The Hall–Kier alpha value is -2.99. The molecule has 1 fully saturated rings. The zero-order valence-corrected chi connectivity index (χ0v) is 15.3. The third-order valence-corrected chi connectivity index (χ3v) is 5.65. The van der Waals surface area contributed by atoms with Gasteiger partial charge in [-0.3, -0.25) is 14.4 Å². The monoisotopic (exact) mass is 380 g/mol. The van der Waals surface area contributed by atoms with Gasteiger partial charge in [0, 0.05) is 18.8 Å². The summed E-state index contributed by atoms with van der Waals surface area (Å²) in [4.78, 5) is 38.5. The van der Waals surface area contributed by atoms with Crippen molar-refractivity contribution in [2.75, 3.05) is 0 Å². The molecule has 0 bridgehead atoms. The van der Waals surface area contributed by atoms with Crippen molar-refractivity contribution < 1.29 is 29.3 Å². The van der Waals surface area contributed by atoms with Crippen LogP contribution in [0.15, 0.2) is 42.5 Å². The van der Waals surface area contributed by atoms with Gasteiger partial charge in [0.1, 0.15) is 17.3 Å². The highest BCUT2D eigenvalue weighted by Gasteiger charge is 2.51. The Morgan fingerprint density at radius 3 is 2.14 bits per heavy atom. The first-order valence-electron chi connectivity index (χ1n) is 9.24. The third kappa shape index (κ3) is 2.90. The number of hydrogen-bond acceptors (Lipinski definition) is 6. The van der Waals surface area contributed by atoms with E-state index in [1.54, 1.807) is 0 Å². The number of phenolic OH excluding ortho intramolecular Hbond substituents is 2. The molecule has 1 saturated carbocycles. The molecular formula is C22H20O6. The van der Waals surface area contributed by atoms with Crippen molar-refractivity contribution >= 4 is 17.3 Å². The molecule has 2 aliphatic rings. The van der Waals surface area contributed by atoms with Crippen LogP contribution < -0.4 is 0 Å². The van der Waals surface area contributed by atoms with Gasteiger partial charge in [-0.05, 0) is 24.6 Å². The van der Waals surface area contributed by atoms with Gasteiger partial charge in [-0.1, -0.05) is 30.3 Å². The zero-order chi connectivity index (χ0) is 20.0. The molecule has 144 valence electrons. The first kappa shape index (κ1) is 18.4. The van der Waals surface area contributed by atoms with Gasteiger partial charge in [0.2, 0.25) is 0 Å². The third-order valence-electron chi connectivity index (χ3n) is 5.65. The minimum absolute atomic E-state index is 0.0340. The number of phenols is 2. The Balaban J connectivity index is 1.73. The van der Waals surface area contributed by atoms with E-state index in [9.17, 15) is 24.6 Å². The normalized spacial score (nSPS) is 25.2. The van der Waals surface area contributed by atoms with E-state index in [4.69, 9.17) is 4.74 Å². The molecule has 0 amide bonds. The second kappa shape index (κ2) is 6.87. The lowest BCUT2D eigenvalue weighted by molar-refractivity contribution is -0.131. The maximum absolute atomic E-state index is 13.2. The van der Waals surface area contributed by atoms with Crippen molar-refractivity contribution in [2.45, 2.75) is 32.0 Å². The van der Waals surface area contributed by atoms with Crippen molar-refractivity contribution in [3.8, 4) is 11.5 Å². The molecule has 6 nitrogen and oxygen atoms in total. The summed E-state index contributed by atoms with van der Waals surface area (Å²) in [6, 6.07) is 11.8. The Bertz CT molecular complexity index is 964. The zero-order valence-electron chi connectivity index (χ0n) is 15.3. The fraction of sp³-hybridized carbons (Fsp3) is 0.318. The van der Waals surface area contributed by atoms with Gasteiger partial charge in [-0.25, -0.2) is 0 Å². The number of carbonyl (C=O) groups excluding carboxylic acids is 3. The second-order valence-corrected chi connectivity index (χ2v) is 7.39. The molecule has 28 heavy (non-hydrogen) atoms. The van der Waals surface area contributed by atoms with Crippen molar-refractivity contribution in [3.63, 3.8) is 0 Å². The minimum Gasteiger partial charge on any atom is -0.507 e. The maximum Gasteiger partial charge on any atom is 0.173 e. The van der Waals surface area contributed by atoms with E-state index in [0.717, 1.165) is 5.56 Å². The van der Waals surface area contributed by atoms with Crippen LogP contribution in [0.25, 0.3) is 0 Å². The van der Waals surface area contributed by atoms with Crippen LogP contribution in [0.3, 0.4) is 0 Å². The Kier molecular flexibility index (Phi) is 4.51. The molecule has 2 aromatic carbocycles. The van der Waals surface area contributed by atoms with Gasteiger partial charge in [-0.15, -0.1) is 0 Å². The summed E-state index contributed by atoms with van der Waals surface area (Å²) < 4.78 is 6.08. The molecule has 4 atom stereocenters. The summed E-state index contributed by atoms with van der Waals surface area (Å²) in [5.74, 6) is -3.59. The fourth-order valence-electron chi connectivity index (χ4n) is 4.30. The number of benzene rings is 2. The highest BCUT2D eigenvalue weighted by Crippen LogP contribution is 2.45. The topological polar surface area (TPSA) is 101 Å². The molecule has 2 N–H and O–H groups in total. The standard InChI is InChI=1S/C22H20O6/c1-11(12-5-3-2-4-6-12)28-17-10-13(23)9-14-18(17)22(27)20-16(25)8-7-15(24)19(20)21(14)26/h2-8,11,14,17-18,24-25H,9-10H2,1H3. The number of fused-ring (bicyclic) bond motifs is 2. The van der Waals surface area contributed by atoms with Crippen molar-refractivity contribution in [2.24, 2.45) is 11.8 Å². The smallest absolute Gasteiger partial charge is 0.173 e. The summed E-state index contributed by atoms with van der Waals surface area (Å²) in [7, 11) is 0. The lowest BCUT2D eigenvalue weighted by Gasteiger charge is -2.40. The van der Waals surface area contributed by atoms with Crippen LogP contribution >= 0.6 is 0 Å². The summed E-state index contributed by atoms with van der Waals surface area (Å²) in [6.45, 7) is 1.83. The molecule has 0 radical (unpaired) electrons. The molecule has 0 aliphatic heterocycles. The van der Waals surface area contributed by atoms with Crippen LogP contribution in [0.4, 0.5) is 0 Å². The van der Waals surface area contributed by atoms with Crippen LogP contribution in [0.5, 0.6) is 11.5 Å². The number of carbonyl (C=O) groups is 3. The predicted molar refractivity (Wildman–Crippen MR) is 99.4 cm³/mol. The number of ether oxygens (including phenoxy) is 1. The van der Waals surface area contributed by atoms with Crippen LogP contribution in [-0.4, -0.2) is 33.7 Å². The highest BCUT2D eigenvalue weighted by molar-refractivity contribution is 6.20. The van der Waals surface area contributed by atoms with Crippen LogP contribution in [-0.2, 0) is 9.53 Å². The molecule has 0 spiro atoms. The first-order chi connectivity index (χ1) is 13.4. The molecule has 0 heterocycles. The molecule has 6 heteroatoms. The number of Topliss-reactive ketones (excluding diaryl/α,β-unsaturated/α-hetero) is 3. The van der Waals surface area contributed by atoms with E-state index in [-0.39, 0.29) is 47.4 Å². The number of rotatable bonds is 3. The van der Waals surface area contributed by atoms with Gasteiger partial charge in [-0.2, -0.15) is 0 Å². The lowest BCUT2D eigenvalue weighted by atomic mass is 9.65. The predicted octanol–water partition coefficient (Wildman–Crippen LogP) is 3.22. The average Bonchev–Trinajstić information content (AvgIpc) is 2.68. The van der Waals surface area contributed by atoms with Gasteiger partial charge in [0.05, 0.1) is 29.3 Å². The van der Waals surface area contributed by atoms with Gasteiger partial charge < -0.3 is 14.9 Å². The van der Waals surface area contributed by atoms with Gasteiger partial charge >= 0.3 is 0 Å². The van der Waals surface area contributed by atoms with E-state index in [1.807, 2.05) is 37.3 Å². The first-order valence-corrected chi connectivity index (χ1v) is 9.24. The van der Waals surface area contributed by atoms with Crippen molar-refractivity contribution in [1.29, 1.82) is 0 Å². The quantitative estimate of drug-likeness (QED) is 0.793. The van der Waals surface area contributed by atoms with Crippen LogP contribution in [0.1, 0.15) is 52.1 Å². The average molecular weight is 380 g/mol. The van der Waals surface area contributed by atoms with E-state index in [2.05, 4.69) is 0 Å². The van der Waals surface area contributed by atoms with E-state index in [0.29, 0.717) is 0 Å². The molecule has 2 aliphatic carbocycles. The molecule has 2 aromatic rings. The molecule has 0 aromatic heterocycles. The largest absolute Gasteiger partial charge is 0.507 e. The van der Waals surface area contributed by atoms with E-state index < -0.39 is 29.5 Å².